The lowest BCUT2D eigenvalue weighted by Crippen LogP contribution is -2.68. The van der Waals surface area contributed by atoms with Gasteiger partial charge in [-0.1, -0.05) is 18.2 Å². The van der Waals surface area contributed by atoms with E-state index in [1.807, 2.05) is 24.3 Å². The molecule has 4 saturated carbocycles. The van der Waals surface area contributed by atoms with Crippen LogP contribution in [0.15, 0.2) is 24.3 Å². The van der Waals surface area contributed by atoms with Crippen LogP contribution in [0.3, 0.4) is 0 Å². The Bertz CT molecular complexity index is 949. The summed E-state index contributed by atoms with van der Waals surface area (Å²) in [4.78, 5) is 27.8. The minimum absolute atomic E-state index is 0.126. The van der Waals surface area contributed by atoms with Crippen molar-refractivity contribution >= 4 is 12.1 Å². The molecular formula is C26H31NO6. The van der Waals surface area contributed by atoms with Crippen LogP contribution in [-0.2, 0) is 25.4 Å². The van der Waals surface area contributed by atoms with Gasteiger partial charge in [0.2, 0.25) is 12.1 Å². The molecule has 1 aromatic carbocycles. The van der Waals surface area contributed by atoms with Crippen molar-refractivity contribution in [3.05, 3.63) is 29.8 Å². The maximum atomic E-state index is 13.1. The van der Waals surface area contributed by atoms with E-state index in [1.165, 1.54) is 6.42 Å². The molecule has 4 bridgehead atoms. The number of carbonyl (C=O) groups is 2. The predicted molar refractivity (Wildman–Crippen MR) is 116 cm³/mol. The lowest BCUT2D eigenvalue weighted by Gasteiger charge is -2.62. The standard InChI is InChI=1S/C26H31NO6/c28-24-20-7-8-27(25(29)31-23-6-5-17-3-1-2-4-21(17)30-23)14-22(20)32-26(33-24)18-10-15-9-16(12-18)13-19(26)11-15/h1-4,15-16,18-20,22-23H,5-14H2. The van der Waals surface area contributed by atoms with E-state index < -0.39 is 12.1 Å². The van der Waals surface area contributed by atoms with E-state index in [0.717, 1.165) is 55.3 Å². The lowest BCUT2D eigenvalue weighted by atomic mass is 9.53. The number of likely N-dealkylation sites (tertiary alicyclic amines) is 1. The third-order valence-electron chi connectivity index (χ3n) is 9.10. The number of hydrogen-bond acceptors (Lipinski definition) is 6. The van der Waals surface area contributed by atoms with Gasteiger partial charge in [0.1, 0.15) is 5.75 Å². The smallest absolute Gasteiger partial charge is 0.412 e. The number of hydrogen-bond donors (Lipinski definition) is 0. The van der Waals surface area contributed by atoms with Crippen LogP contribution < -0.4 is 4.74 Å². The van der Waals surface area contributed by atoms with Crippen LogP contribution in [0.4, 0.5) is 4.79 Å². The van der Waals surface area contributed by atoms with Crippen molar-refractivity contribution < 1.29 is 28.5 Å². The van der Waals surface area contributed by atoms with E-state index in [1.54, 1.807) is 4.90 Å². The molecule has 7 heteroatoms. The van der Waals surface area contributed by atoms with E-state index in [4.69, 9.17) is 18.9 Å². The maximum Gasteiger partial charge on any atom is 0.412 e. The number of aryl methyl sites for hydroxylation is 1. The van der Waals surface area contributed by atoms with Crippen molar-refractivity contribution in [2.24, 2.45) is 29.6 Å². The predicted octanol–water partition coefficient (Wildman–Crippen LogP) is 3.89. The van der Waals surface area contributed by atoms with Gasteiger partial charge in [0.05, 0.1) is 18.6 Å². The number of para-hydroxylation sites is 1. The molecule has 7 aliphatic rings. The Labute approximate surface area is 193 Å². The van der Waals surface area contributed by atoms with Crippen molar-refractivity contribution in [1.82, 2.24) is 4.90 Å². The van der Waals surface area contributed by atoms with Crippen molar-refractivity contribution in [1.29, 1.82) is 0 Å². The Morgan fingerprint density at radius 2 is 1.79 bits per heavy atom. The molecule has 176 valence electrons. The molecule has 7 nitrogen and oxygen atoms in total. The van der Waals surface area contributed by atoms with E-state index in [0.29, 0.717) is 37.8 Å². The summed E-state index contributed by atoms with van der Waals surface area (Å²) in [5, 5.41) is 0. The highest BCUT2D eigenvalue weighted by Gasteiger charge is 2.64. The van der Waals surface area contributed by atoms with E-state index >= 15 is 0 Å². The van der Waals surface area contributed by atoms with Crippen LogP contribution in [0.5, 0.6) is 5.75 Å². The van der Waals surface area contributed by atoms with Gasteiger partial charge >= 0.3 is 12.1 Å². The van der Waals surface area contributed by atoms with Crippen LogP contribution in [-0.4, -0.2) is 48.2 Å². The Kier molecular flexibility index (Phi) is 4.49. The summed E-state index contributed by atoms with van der Waals surface area (Å²) in [6.07, 6.45) is 6.44. The second-order valence-corrected chi connectivity index (χ2v) is 11.0. The summed E-state index contributed by atoms with van der Waals surface area (Å²) in [6, 6.07) is 7.86. The summed E-state index contributed by atoms with van der Waals surface area (Å²) in [5.74, 6) is 1.71. The zero-order valence-corrected chi connectivity index (χ0v) is 18.8. The number of benzene rings is 1. The number of fused-ring (bicyclic) bond motifs is 2. The zero-order chi connectivity index (χ0) is 22.2. The fraction of sp³-hybridized carbons (Fsp3) is 0.692. The molecule has 4 aliphatic carbocycles. The van der Waals surface area contributed by atoms with Gasteiger partial charge in [-0.15, -0.1) is 0 Å². The molecule has 6 fully saturated rings. The average Bonchev–Trinajstić information content (AvgIpc) is 2.82. The highest BCUT2D eigenvalue weighted by atomic mass is 16.7. The van der Waals surface area contributed by atoms with Crippen molar-refractivity contribution in [3.63, 3.8) is 0 Å². The molecule has 8 rings (SSSR count). The van der Waals surface area contributed by atoms with Crippen LogP contribution >= 0.6 is 0 Å². The molecular weight excluding hydrogens is 422 g/mol. The molecule has 3 aliphatic heterocycles. The number of rotatable bonds is 1. The average molecular weight is 454 g/mol. The van der Waals surface area contributed by atoms with E-state index in [9.17, 15) is 9.59 Å². The fourth-order valence-corrected chi connectivity index (χ4v) is 7.73. The highest BCUT2D eigenvalue weighted by molar-refractivity contribution is 5.75. The molecule has 33 heavy (non-hydrogen) atoms. The first-order chi connectivity index (χ1) is 16.1. The Balaban J connectivity index is 1.04. The molecule has 3 unspecified atom stereocenters. The highest BCUT2D eigenvalue weighted by Crippen LogP contribution is 2.61. The number of ether oxygens (including phenoxy) is 4. The third kappa shape index (κ3) is 3.18. The summed E-state index contributed by atoms with van der Waals surface area (Å²) in [6.45, 7) is 0.835. The largest absolute Gasteiger partial charge is 0.454 e. The Morgan fingerprint density at radius 3 is 2.58 bits per heavy atom. The monoisotopic (exact) mass is 453 g/mol. The Hall–Kier alpha value is -2.28. The summed E-state index contributed by atoms with van der Waals surface area (Å²) in [5.41, 5.74) is 1.14. The Morgan fingerprint density at radius 1 is 1.03 bits per heavy atom. The van der Waals surface area contributed by atoms with Gasteiger partial charge in [-0.25, -0.2) is 4.79 Å². The number of esters is 1. The van der Waals surface area contributed by atoms with Crippen LogP contribution in [0, 0.1) is 29.6 Å². The van der Waals surface area contributed by atoms with Gasteiger partial charge < -0.3 is 23.8 Å². The van der Waals surface area contributed by atoms with Crippen LogP contribution in [0.2, 0.25) is 0 Å². The first-order valence-electron chi connectivity index (χ1n) is 12.7. The summed E-state index contributed by atoms with van der Waals surface area (Å²) < 4.78 is 24.5. The second-order valence-electron chi connectivity index (χ2n) is 11.0. The summed E-state index contributed by atoms with van der Waals surface area (Å²) in [7, 11) is 0. The third-order valence-corrected chi connectivity index (χ3v) is 9.10. The van der Waals surface area contributed by atoms with Crippen molar-refractivity contribution in [2.75, 3.05) is 13.1 Å². The molecule has 0 aromatic heterocycles. The zero-order valence-electron chi connectivity index (χ0n) is 18.8. The molecule has 1 aromatic rings. The van der Waals surface area contributed by atoms with Gasteiger partial charge in [-0.2, -0.15) is 0 Å². The molecule has 3 heterocycles. The van der Waals surface area contributed by atoms with Gasteiger partial charge in [-0.05, 0) is 68.4 Å². The first-order valence-corrected chi connectivity index (χ1v) is 12.7. The number of piperidine rings is 1. The SMILES string of the molecule is O=C1OC2(OC3CN(C(=O)OC4CCc5ccccc5O4)CCC13)C1CC3CC(C1)CC2C3. The molecule has 0 radical (unpaired) electrons. The van der Waals surface area contributed by atoms with Crippen LogP contribution in [0.1, 0.15) is 50.5 Å². The minimum atomic E-state index is -0.769. The minimum Gasteiger partial charge on any atom is -0.454 e. The van der Waals surface area contributed by atoms with Crippen LogP contribution in [0.25, 0.3) is 0 Å². The van der Waals surface area contributed by atoms with E-state index in [-0.39, 0.29) is 24.1 Å². The number of carbonyl (C=O) groups excluding carboxylic acids is 2. The fourth-order valence-electron chi connectivity index (χ4n) is 7.73. The van der Waals surface area contributed by atoms with Gasteiger partial charge in [0.15, 0.2) is 0 Å². The number of amides is 1. The van der Waals surface area contributed by atoms with Crippen molar-refractivity contribution in [3.8, 4) is 5.75 Å². The van der Waals surface area contributed by atoms with Gasteiger partial charge in [0.25, 0.3) is 0 Å². The quantitative estimate of drug-likeness (QED) is 0.601. The lowest BCUT2D eigenvalue weighted by molar-refractivity contribution is -0.365. The molecule has 0 N–H and O–H groups in total. The maximum absolute atomic E-state index is 13.1. The van der Waals surface area contributed by atoms with Gasteiger partial charge in [-0.3, -0.25) is 4.79 Å². The first kappa shape index (κ1) is 20.1. The molecule has 3 atom stereocenters. The topological polar surface area (TPSA) is 74.3 Å². The van der Waals surface area contributed by atoms with Gasteiger partial charge in [0, 0.05) is 24.8 Å². The molecule has 2 saturated heterocycles. The number of nitrogens with zero attached hydrogens (tertiary/aromatic N) is 1. The normalized spacial score (nSPS) is 42.8. The summed E-state index contributed by atoms with van der Waals surface area (Å²) >= 11 is 0. The molecule has 1 spiro atoms. The van der Waals surface area contributed by atoms with Crippen molar-refractivity contribution in [2.45, 2.75) is 69.5 Å². The van der Waals surface area contributed by atoms with E-state index in [2.05, 4.69) is 0 Å². The second kappa shape index (κ2) is 7.36. The molecule has 1 amide bonds.